The molecule has 1 aromatic heterocycles. The van der Waals surface area contributed by atoms with E-state index in [-0.39, 0.29) is 17.6 Å². The second kappa shape index (κ2) is 10.2. The first-order valence-corrected chi connectivity index (χ1v) is 11.2. The van der Waals surface area contributed by atoms with Gasteiger partial charge < -0.3 is 14.8 Å². The van der Waals surface area contributed by atoms with Gasteiger partial charge >= 0.3 is 0 Å². The monoisotopic (exact) mass is 413 g/mol. The SMILES string of the molecule is O=C(NCCCOCC1CCCO1)c1ccc2c(=O)n3c(nc2c1)CCCCCC3. The summed E-state index contributed by atoms with van der Waals surface area (Å²) >= 11 is 0. The molecule has 0 spiro atoms. The quantitative estimate of drug-likeness (QED) is 0.706. The molecular formula is C23H31N3O4. The zero-order chi connectivity index (χ0) is 20.8. The molecular weight excluding hydrogens is 382 g/mol. The molecule has 0 aliphatic carbocycles. The molecule has 3 heterocycles. The van der Waals surface area contributed by atoms with Gasteiger partial charge in [0.2, 0.25) is 0 Å². The number of hydrogen-bond donors (Lipinski definition) is 1. The predicted molar refractivity (Wildman–Crippen MR) is 115 cm³/mol. The van der Waals surface area contributed by atoms with Gasteiger partial charge in [0.25, 0.3) is 11.5 Å². The van der Waals surface area contributed by atoms with Crippen LogP contribution in [-0.2, 0) is 22.4 Å². The highest BCUT2D eigenvalue weighted by Crippen LogP contribution is 2.16. The van der Waals surface area contributed by atoms with E-state index in [1.165, 1.54) is 6.42 Å². The largest absolute Gasteiger partial charge is 0.379 e. The van der Waals surface area contributed by atoms with Crippen LogP contribution in [0.2, 0.25) is 0 Å². The number of aromatic nitrogens is 2. The van der Waals surface area contributed by atoms with Crippen LogP contribution in [-0.4, -0.2) is 47.9 Å². The molecule has 1 unspecified atom stereocenters. The maximum atomic E-state index is 12.9. The highest BCUT2D eigenvalue weighted by molar-refractivity contribution is 5.97. The maximum Gasteiger partial charge on any atom is 0.261 e. The molecule has 7 nitrogen and oxygen atoms in total. The Morgan fingerprint density at radius 3 is 3.00 bits per heavy atom. The van der Waals surface area contributed by atoms with Gasteiger partial charge in [0.1, 0.15) is 5.82 Å². The second-order valence-electron chi connectivity index (χ2n) is 8.20. The number of rotatable bonds is 7. The fraction of sp³-hybridized carbons (Fsp3) is 0.609. The molecule has 0 bridgehead atoms. The van der Waals surface area contributed by atoms with Crippen molar-refractivity contribution in [3.05, 3.63) is 39.9 Å². The van der Waals surface area contributed by atoms with Crippen molar-refractivity contribution in [2.75, 3.05) is 26.4 Å². The first kappa shape index (κ1) is 21.0. The summed E-state index contributed by atoms with van der Waals surface area (Å²) in [7, 11) is 0. The molecule has 1 atom stereocenters. The van der Waals surface area contributed by atoms with E-state index in [0.29, 0.717) is 36.2 Å². The lowest BCUT2D eigenvalue weighted by molar-refractivity contribution is 0.0166. The molecule has 2 aromatic rings. The molecule has 1 amide bonds. The van der Waals surface area contributed by atoms with Gasteiger partial charge in [-0.1, -0.05) is 12.8 Å². The Morgan fingerprint density at radius 1 is 1.23 bits per heavy atom. The van der Waals surface area contributed by atoms with Crippen LogP contribution in [0.4, 0.5) is 0 Å². The van der Waals surface area contributed by atoms with Crippen LogP contribution >= 0.6 is 0 Å². The lowest BCUT2D eigenvalue weighted by atomic mass is 10.1. The Bertz CT molecular complexity index is 934. The second-order valence-corrected chi connectivity index (χ2v) is 8.20. The molecule has 2 aliphatic heterocycles. The fourth-order valence-electron chi connectivity index (χ4n) is 4.21. The zero-order valence-corrected chi connectivity index (χ0v) is 17.5. The standard InChI is InChI=1S/C23H31N3O4/c27-22(24-11-6-13-29-16-18-7-5-14-30-18)17-9-10-19-20(15-17)25-21-8-3-1-2-4-12-26(21)23(19)28/h9-10,15,18H,1-8,11-14,16H2,(H,24,27). The number of carbonyl (C=O) groups is 1. The summed E-state index contributed by atoms with van der Waals surface area (Å²) in [5.41, 5.74) is 1.15. The van der Waals surface area contributed by atoms with Gasteiger partial charge in [-0.3, -0.25) is 14.2 Å². The van der Waals surface area contributed by atoms with Gasteiger partial charge in [-0.25, -0.2) is 4.98 Å². The third kappa shape index (κ3) is 5.08. The van der Waals surface area contributed by atoms with Crippen LogP contribution < -0.4 is 10.9 Å². The van der Waals surface area contributed by atoms with Crippen molar-refractivity contribution in [1.82, 2.24) is 14.9 Å². The number of benzene rings is 1. The molecule has 30 heavy (non-hydrogen) atoms. The van der Waals surface area contributed by atoms with Gasteiger partial charge in [0.05, 0.1) is 23.6 Å². The van der Waals surface area contributed by atoms with Crippen LogP contribution in [0.3, 0.4) is 0 Å². The van der Waals surface area contributed by atoms with Crippen LogP contribution in [0.25, 0.3) is 10.9 Å². The number of fused-ring (bicyclic) bond motifs is 2. The molecule has 0 saturated carbocycles. The Morgan fingerprint density at radius 2 is 2.13 bits per heavy atom. The molecule has 1 saturated heterocycles. The van der Waals surface area contributed by atoms with E-state index in [1.54, 1.807) is 18.2 Å². The minimum absolute atomic E-state index is 0.00671. The maximum absolute atomic E-state index is 12.9. The summed E-state index contributed by atoms with van der Waals surface area (Å²) in [6.45, 7) is 3.34. The lowest BCUT2D eigenvalue weighted by Gasteiger charge is -2.16. The third-order valence-electron chi connectivity index (χ3n) is 5.91. The molecule has 4 rings (SSSR count). The predicted octanol–water partition coefficient (Wildman–Crippen LogP) is 2.83. The Hall–Kier alpha value is -2.25. The number of nitrogens with one attached hydrogen (secondary N) is 1. The van der Waals surface area contributed by atoms with Crippen molar-refractivity contribution < 1.29 is 14.3 Å². The zero-order valence-electron chi connectivity index (χ0n) is 17.5. The van der Waals surface area contributed by atoms with E-state index < -0.39 is 0 Å². The summed E-state index contributed by atoms with van der Waals surface area (Å²) in [6.07, 6.45) is 8.36. The summed E-state index contributed by atoms with van der Waals surface area (Å²) in [4.78, 5) is 30.1. The number of hydrogen-bond acceptors (Lipinski definition) is 5. The minimum Gasteiger partial charge on any atom is -0.379 e. The van der Waals surface area contributed by atoms with E-state index in [4.69, 9.17) is 14.5 Å². The van der Waals surface area contributed by atoms with E-state index in [2.05, 4.69) is 5.32 Å². The highest BCUT2D eigenvalue weighted by Gasteiger charge is 2.16. The van der Waals surface area contributed by atoms with E-state index >= 15 is 0 Å². The molecule has 162 valence electrons. The van der Waals surface area contributed by atoms with Crippen LogP contribution in [0.5, 0.6) is 0 Å². The number of ether oxygens (including phenoxy) is 2. The van der Waals surface area contributed by atoms with Crippen LogP contribution in [0.15, 0.2) is 23.0 Å². The third-order valence-corrected chi connectivity index (χ3v) is 5.91. The molecule has 2 aliphatic rings. The van der Waals surface area contributed by atoms with Gasteiger partial charge in [-0.2, -0.15) is 0 Å². The van der Waals surface area contributed by atoms with Crippen molar-refractivity contribution in [3.63, 3.8) is 0 Å². The minimum atomic E-state index is -0.148. The van der Waals surface area contributed by atoms with Crippen molar-refractivity contribution in [3.8, 4) is 0 Å². The van der Waals surface area contributed by atoms with Gasteiger partial charge in [0, 0.05) is 38.3 Å². The number of aryl methyl sites for hydroxylation is 1. The average molecular weight is 414 g/mol. The van der Waals surface area contributed by atoms with E-state index in [0.717, 1.165) is 63.9 Å². The Labute approximate surface area is 176 Å². The summed E-state index contributed by atoms with van der Waals surface area (Å²) in [5.74, 6) is 0.692. The summed E-state index contributed by atoms with van der Waals surface area (Å²) in [5, 5.41) is 3.51. The topological polar surface area (TPSA) is 82.5 Å². The summed E-state index contributed by atoms with van der Waals surface area (Å²) < 4.78 is 13.0. The highest BCUT2D eigenvalue weighted by atomic mass is 16.5. The average Bonchev–Trinajstić information content (AvgIpc) is 3.25. The molecule has 1 N–H and O–H groups in total. The van der Waals surface area contributed by atoms with E-state index in [1.807, 2.05) is 4.57 Å². The van der Waals surface area contributed by atoms with Gasteiger partial charge in [-0.05, 0) is 50.3 Å². The normalized spacial score (nSPS) is 19.3. The smallest absolute Gasteiger partial charge is 0.261 e. The first-order chi connectivity index (χ1) is 14.7. The molecule has 7 heteroatoms. The van der Waals surface area contributed by atoms with Crippen LogP contribution in [0.1, 0.15) is 61.1 Å². The molecule has 1 aromatic carbocycles. The van der Waals surface area contributed by atoms with Crippen LogP contribution in [0, 0.1) is 0 Å². The fourth-order valence-corrected chi connectivity index (χ4v) is 4.21. The van der Waals surface area contributed by atoms with Gasteiger partial charge in [-0.15, -0.1) is 0 Å². The Kier molecular flexibility index (Phi) is 7.12. The number of nitrogens with zero attached hydrogens (tertiary/aromatic N) is 2. The first-order valence-electron chi connectivity index (χ1n) is 11.2. The lowest BCUT2D eigenvalue weighted by Crippen LogP contribution is -2.28. The molecule has 1 fully saturated rings. The number of carbonyl (C=O) groups excluding carboxylic acids is 1. The number of amides is 1. The van der Waals surface area contributed by atoms with Crippen molar-refractivity contribution in [1.29, 1.82) is 0 Å². The van der Waals surface area contributed by atoms with Gasteiger partial charge in [0.15, 0.2) is 0 Å². The Balaban J connectivity index is 1.34. The summed E-state index contributed by atoms with van der Waals surface area (Å²) in [6, 6.07) is 5.18. The van der Waals surface area contributed by atoms with E-state index in [9.17, 15) is 9.59 Å². The van der Waals surface area contributed by atoms with Crippen molar-refractivity contribution in [2.45, 2.75) is 64.0 Å². The van der Waals surface area contributed by atoms with Crippen molar-refractivity contribution in [2.24, 2.45) is 0 Å². The van der Waals surface area contributed by atoms with Crippen molar-refractivity contribution >= 4 is 16.8 Å². The molecule has 0 radical (unpaired) electrons.